The molecule has 104 valence electrons. The monoisotopic (exact) mass is 254 g/mol. The van der Waals surface area contributed by atoms with E-state index in [2.05, 4.69) is 27.6 Å². The van der Waals surface area contributed by atoms with Gasteiger partial charge in [0, 0.05) is 32.8 Å². The van der Waals surface area contributed by atoms with Gasteiger partial charge in [-0.15, -0.1) is 0 Å². The number of likely N-dealkylation sites (N-methyl/N-ethyl adjacent to an activating group) is 1. The predicted octanol–water partition coefficient (Wildman–Crippen LogP) is 0.425. The quantitative estimate of drug-likeness (QED) is 0.564. The van der Waals surface area contributed by atoms with Crippen LogP contribution in [0.2, 0.25) is 0 Å². The van der Waals surface area contributed by atoms with Crippen LogP contribution in [0.5, 0.6) is 0 Å². The van der Waals surface area contributed by atoms with E-state index in [-0.39, 0.29) is 0 Å². The van der Waals surface area contributed by atoms with Crippen molar-refractivity contribution < 1.29 is 4.74 Å². The second-order valence-electron chi connectivity index (χ2n) is 5.25. The van der Waals surface area contributed by atoms with Gasteiger partial charge in [-0.05, 0) is 39.3 Å². The van der Waals surface area contributed by atoms with Gasteiger partial charge in [-0.1, -0.05) is 0 Å². The van der Waals surface area contributed by atoms with E-state index in [1.807, 2.05) is 7.05 Å². The number of nitrogens with zero attached hydrogens (tertiary/aromatic N) is 2. The van der Waals surface area contributed by atoms with Gasteiger partial charge in [0.2, 0.25) is 0 Å². The van der Waals surface area contributed by atoms with Crippen LogP contribution >= 0.6 is 0 Å². The van der Waals surface area contributed by atoms with E-state index in [9.17, 15) is 0 Å². The molecule has 0 radical (unpaired) electrons. The largest absolute Gasteiger partial charge is 0.376 e. The summed E-state index contributed by atoms with van der Waals surface area (Å²) in [7, 11) is 4.02. The van der Waals surface area contributed by atoms with E-state index >= 15 is 0 Å². The van der Waals surface area contributed by atoms with E-state index < -0.39 is 0 Å². The standard InChI is InChI=1S/C13H26N4O/c1-14-13(16-10-12-6-4-8-18-12)15-9-11-5-3-7-17(11)2/h11-12H,3-10H2,1-2H3,(H2,14,15,16). The summed E-state index contributed by atoms with van der Waals surface area (Å²) in [6.07, 6.45) is 5.30. The molecule has 2 aliphatic rings. The molecule has 0 aromatic rings. The molecule has 0 aromatic heterocycles. The Bertz CT molecular complexity index is 276. The fourth-order valence-electron chi connectivity index (χ4n) is 2.69. The molecule has 0 saturated carbocycles. The summed E-state index contributed by atoms with van der Waals surface area (Å²) in [4.78, 5) is 6.67. The molecule has 2 atom stereocenters. The Morgan fingerprint density at radius 1 is 1.28 bits per heavy atom. The molecule has 0 bridgehead atoms. The summed E-state index contributed by atoms with van der Waals surface area (Å²) in [5.74, 6) is 0.894. The lowest BCUT2D eigenvalue weighted by atomic mass is 10.2. The molecule has 0 spiro atoms. The molecule has 5 heteroatoms. The van der Waals surface area contributed by atoms with Crippen LogP contribution in [0.15, 0.2) is 4.99 Å². The first-order valence-corrected chi connectivity index (χ1v) is 7.06. The van der Waals surface area contributed by atoms with Crippen molar-refractivity contribution in [3.05, 3.63) is 0 Å². The van der Waals surface area contributed by atoms with Crippen molar-refractivity contribution in [2.45, 2.75) is 37.8 Å². The van der Waals surface area contributed by atoms with E-state index in [4.69, 9.17) is 4.74 Å². The number of guanidine groups is 1. The van der Waals surface area contributed by atoms with Crippen LogP contribution in [0.25, 0.3) is 0 Å². The third-order valence-corrected chi connectivity index (χ3v) is 3.92. The second kappa shape index (κ2) is 6.95. The zero-order valence-corrected chi connectivity index (χ0v) is 11.6. The number of nitrogens with one attached hydrogen (secondary N) is 2. The molecular formula is C13H26N4O. The van der Waals surface area contributed by atoms with Crippen molar-refractivity contribution >= 4 is 5.96 Å². The minimum Gasteiger partial charge on any atom is -0.376 e. The predicted molar refractivity (Wildman–Crippen MR) is 74.0 cm³/mol. The molecule has 0 amide bonds. The summed E-state index contributed by atoms with van der Waals surface area (Å²) in [6.45, 7) is 3.96. The SMILES string of the molecule is CN=C(NCC1CCCO1)NCC1CCCN1C. The van der Waals surface area contributed by atoms with Gasteiger partial charge in [-0.3, -0.25) is 4.99 Å². The highest BCUT2D eigenvalue weighted by molar-refractivity contribution is 5.79. The van der Waals surface area contributed by atoms with Gasteiger partial charge in [0.05, 0.1) is 6.10 Å². The molecule has 2 saturated heterocycles. The highest BCUT2D eigenvalue weighted by Crippen LogP contribution is 2.13. The summed E-state index contributed by atoms with van der Waals surface area (Å²) >= 11 is 0. The maximum absolute atomic E-state index is 5.59. The molecule has 2 aliphatic heterocycles. The van der Waals surface area contributed by atoms with Crippen molar-refractivity contribution in [3.8, 4) is 0 Å². The van der Waals surface area contributed by atoms with Gasteiger partial charge in [0.15, 0.2) is 5.96 Å². The number of likely N-dealkylation sites (tertiary alicyclic amines) is 1. The summed E-state index contributed by atoms with van der Waals surface area (Å²) in [6, 6.07) is 0.645. The molecular weight excluding hydrogens is 228 g/mol. The summed E-state index contributed by atoms with van der Waals surface area (Å²) in [5, 5.41) is 6.75. The molecule has 2 unspecified atom stereocenters. The lowest BCUT2D eigenvalue weighted by molar-refractivity contribution is 0.113. The van der Waals surface area contributed by atoms with Crippen molar-refractivity contribution in [1.82, 2.24) is 15.5 Å². The Morgan fingerprint density at radius 3 is 2.72 bits per heavy atom. The normalized spacial score (nSPS) is 29.8. The maximum Gasteiger partial charge on any atom is 0.191 e. The van der Waals surface area contributed by atoms with Crippen LogP contribution in [0, 0.1) is 0 Å². The highest BCUT2D eigenvalue weighted by Gasteiger charge is 2.21. The molecule has 18 heavy (non-hydrogen) atoms. The average molecular weight is 254 g/mol. The number of ether oxygens (including phenoxy) is 1. The van der Waals surface area contributed by atoms with Crippen molar-refractivity contribution in [2.24, 2.45) is 4.99 Å². The van der Waals surface area contributed by atoms with E-state index in [0.29, 0.717) is 12.1 Å². The van der Waals surface area contributed by atoms with Crippen LogP contribution in [-0.2, 0) is 4.74 Å². The molecule has 5 nitrogen and oxygen atoms in total. The van der Waals surface area contributed by atoms with Crippen LogP contribution in [0.1, 0.15) is 25.7 Å². The number of hydrogen-bond acceptors (Lipinski definition) is 3. The fourth-order valence-corrected chi connectivity index (χ4v) is 2.69. The van der Waals surface area contributed by atoms with Gasteiger partial charge in [-0.25, -0.2) is 0 Å². The Labute approximate surface area is 110 Å². The van der Waals surface area contributed by atoms with Crippen molar-refractivity contribution in [3.63, 3.8) is 0 Å². The summed E-state index contributed by atoms with van der Waals surface area (Å²) in [5.41, 5.74) is 0. The zero-order chi connectivity index (χ0) is 12.8. The van der Waals surface area contributed by atoms with Crippen molar-refractivity contribution in [1.29, 1.82) is 0 Å². The minimum atomic E-state index is 0.359. The van der Waals surface area contributed by atoms with E-state index in [1.54, 1.807) is 0 Å². The average Bonchev–Trinajstić information content (AvgIpc) is 3.01. The molecule has 2 rings (SSSR count). The lowest BCUT2D eigenvalue weighted by Crippen LogP contribution is -2.45. The molecule has 2 heterocycles. The Morgan fingerprint density at radius 2 is 2.11 bits per heavy atom. The van der Waals surface area contributed by atoms with Crippen LogP contribution in [0.3, 0.4) is 0 Å². The zero-order valence-electron chi connectivity index (χ0n) is 11.6. The number of rotatable bonds is 4. The van der Waals surface area contributed by atoms with Gasteiger partial charge in [0.25, 0.3) is 0 Å². The smallest absolute Gasteiger partial charge is 0.191 e. The molecule has 2 fully saturated rings. The Kier molecular flexibility index (Phi) is 5.26. The van der Waals surface area contributed by atoms with E-state index in [0.717, 1.165) is 32.1 Å². The highest BCUT2D eigenvalue weighted by atomic mass is 16.5. The van der Waals surface area contributed by atoms with Gasteiger partial charge in [-0.2, -0.15) is 0 Å². The molecule has 2 N–H and O–H groups in total. The number of aliphatic imine (C=N–C) groups is 1. The molecule has 0 aliphatic carbocycles. The van der Waals surface area contributed by atoms with Crippen molar-refractivity contribution in [2.75, 3.05) is 40.3 Å². The fraction of sp³-hybridized carbons (Fsp3) is 0.923. The van der Waals surface area contributed by atoms with Gasteiger partial charge >= 0.3 is 0 Å². The number of hydrogen-bond donors (Lipinski definition) is 2. The topological polar surface area (TPSA) is 48.9 Å². The summed E-state index contributed by atoms with van der Waals surface area (Å²) < 4.78 is 5.59. The second-order valence-corrected chi connectivity index (χ2v) is 5.25. The van der Waals surface area contributed by atoms with Gasteiger partial charge in [0.1, 0.15) is 0 Å². The Balaban J connectivity index is 1.65. The van der Waals surface area contributed by atoms with E-state index in [1.165, 1.54) is 25.8 Å². The maximum atomic E-state index is 5.59. The van der Waals surface area contributed by atoms with Gasteiger partial charge < -0.3 is 20.3 Å². The molecule has 0 aromatic carbocycles. The first kappa shape index (κ1) is 13.6. The third-order valence-electron chi connectivity index (χ3n) is 3.92. The Hall–Kier alpha value is -0.810. The van der Waals surface area contributed by atoms with Crippen LogP contribution in [-0.4, -0.2) is 63.3 Å². The minimum absolute atomic E-state index is 0.359. The lowest BCUT2D eigenvalue weighted by Gasteiger charge is -2.21. The van der Waals surface area contributed by atoms with Crippen LogP contribution < -0.4 is 10.6 Å². The first-order valence-electron chi connectivity index (χ1n) is 7.06. The third kappa shape index (κ3) is 3.85. The van der Waals surface area contributed by atoms with Crippen LogP contribution in [0.4, 0.5) is 0 Å². The first-order chi connectivity index (χ1) is 8.79.